The van der Waals surface area contributed by atoms with Gasteiger partial charge in [-0.25, -0.2) is 13.8 Å². The lowest BCUT2D eigenvalue weighted by Crippen LogP contribution is -2.27. The molecule has 0 bridgehead atoms. The smallest absolute Gasteiger partial charge is 0.279 e. The first-order valence-electron chi connectivity index (χ1n) is 8.27. The summed E-state index contributed by atoms with van der Waals surface area (Å²) in [6.07, 6.45) is 0.594. The van der Waals surface area contributed by atoms with Gasteiger partial charge < -0.3 is 5.32 Å². The summed E-state index contributed by atoms with van der Waals surface area (Å²) in [6.45, 7) is 0. The van der Waals surface area contributed by atoms with Crippen LogP contribution in [0.15, 0.2) is 29.1 Å². The van der Waals surface area contributed by atoms with E-state index in [4.69, 9.17) is 16.9 Å². The number of nitriles is 1. The van der Waals surface area contributed by atoms with Crippen LogP contribution in [0, 0.1) is 23.2 Å². The third-order valence-electron chi connectivity index (χ3n) is 5.35. The second-order valence-corrected chi connectivity index (χ2v) is 7.12. The van der Waals surface area contributed by atoms with Gasteiger partial charge in [-0.1, -0.05) is 11.6 Å². The summed E-state index contributed by atoms with van der Waals surface area (Å²) >= 11 is 6.14. The molecule has 8 heteroatoms. The predicted molar refractivity (Wildman–Crippen MR) is 93.0 cm³/mol. The molecule has 1 aromatic carbocycles. The Bertz CT molecular complexity index is 966. The lowest BCUT2D eigenvalue weighted by Gasteiger charge is -2.20. The summed E-state index contributed by atoms with van der Waals surface area (Å²) in [5, 5.41) is 11.7. The molecule has 0 aliphatic heterocycles. The van der Waals surface area contributed by atoms with E-state index < -0.39 is 23.3 Å². The summed E-state index contributed by atoms with van der Waals surface area (Å²) in [6, 6.07) is 8.46. The molecule has 2 saturated carbocycles. The van der Waals surface area contributed by atoms with Gasteiger partial charge in [0.2, 0.25) is 0 Å². The molecule has 4 rings (SSSR count). The number of alkyl halides is 2. The van der Waals surface area contributed by atoms with Gasteiger partial charge in [0.25, 0.3) is 11.5 Å². The molecular weight excluding hydrogens is 362 g/mol. The highest BCUT2D eigenvalue weighted by atomic mass is 35.5. The summed E-state index contributed by atoms with van der Waals surface area (Å²) < 4.78 is 28.5. The molecule has 1 heterocycles. The molecular formula is C18H15ClF2N4O. The maximum absolute atomic E-state index is 13.6. The Kier molecular flexibility index (Phi) is 3.77. The second-order valence-electron chi connectivity index (χ2n) is 6.74. The molecule has 2 fully saturated rings. The SMILES string of the molecule is CNc1nc(C2CC3C(C2)C3(F)F)n(-c2ccc(C#N)cc2)c(=O)c1Cl. The Hall–Kier alpha value is -2.46. The number of nitrogens with zero attached hydrogens (tertiary/aromatic N) is 3. The van der Waals surface area contributed by atoms with Gasteiger partial charge >= 0.3 is 0 Å². The van der Waals surface area contributed by atoms with Gasteiger partial charge in [-0.2, -0.15) is 5.26 Å². The van der Waals surface area contributed by atoms with Crippen LogP contribution in [0.3, 0.4) is 0 Å². The Morgan fingerprint density at radius 2 is 1.92 bits per heavy atom. The second kappa shape index (κ2) is 5.78. The van der Waals surface area contributed by atoms with Crippen LogP contribution >= 0.6 is 11.6 Å². The fourth-order valence-electron chi connectivity index (χ4n) is 3.91. The van der Waals surface area contributed by atoms with Crippen molar-refractivity contribution in [2.75, 3.05) is 12.4 Å². The van der Waals surface area contributed by atoms with Gasteiger partial charge in [0.1, 0.15) is 10.8 Å². The van der Waals surface area contributed by atoms with Crippen molar-refractivity contribution in [3.05, 3.63) is 51.0 Å². The van der Waals surface area contributed by atoms with Crippen molar-refractivity contribution in [1.29, 1.82) is 5.26 Å². The zero-order valence-corrected chi connectivity index (χ0v) is 14.6. The third-order valence-corrected chi connectivity index (χ3v) is 5.69. The van der Waals surface area contributed by atoms with Crippen molar-refractivity contribution in [3.63, 3.8) is 0 Å². The van der Waals surface area contributed by atoms with Crippen LogP contribution < -0.4 is 10.9 Å². The molecule has 5 nitrogen and oxygen atoms in total. The number of hydrogen-bond donors (Lipinski definition) is 1. The van der Waals surface area contributed by atoms with E-state index in [-0.39, 0.29) is 16.8 Å². The first kappa shape index (κ1) is 17.0. The van der Waals surface area contributed by atoms with Gasteiger partial charge in [-0.05, 0) is 37.1 Å². The van der Waals surface area contributed by atoms with Gasteiger partial charge in [0.05, 0.1) is 17.3 Å². The molecule has 2 aliphatic carbocycles. The lowest BCUT2D eigenvalue weighted by atomic mass is 10.0. The van der Waals surface area contributed by atoms with Gasteiger partial charge in [0, 0.05) is 24.8 Å². The monoisotopic (exact) mass is 376 g/mol. The van der Waals surface area contributed by atoms with E-state index in [1.165, 1.54) is 4.57 Å². The van der Waals surface area contributed by atoms with Crippen LogP contribution in [0.5, 0.6) is 0 Å². The highest BCUT2D eigenvalue weighted by molar-refractivity contribution is 6.32. The molecule has 0 spiro atoms. The highest BCUT2D eigenvalue weighted by Crippen LogP contribution is 2.67. The molecule has 0 radical (unpaired) electrons. The van der Waals surface area contributed by atoms with E-state index in [1.807, 2.05) is 6.07 Å². The number of hydrogen-bond acceptors (Lipinski definition) is 4. The molecule has 1 N–H and O–H groups in total. The Morgan fingerprint density at radius 3 is 2.46 bits per heavy atom. The first-order chi connectivity index (χ1) is 12.4. The normalized spacial score (nSPS) is 25.4. The van der Waals surface area contributed by atoms with Gasteiger partial charge in [-0.15, -0.1) is 0 Å². The highest BCUT2D eigenvalue weighted by Gasteiger charge is 2.71. The molecule has 2 atom stereocenters. The standard InChI is InChI=1S/C18H15ClF2N4O/c1-23-15-14(19)17(26)25(11-4-2-9(8-22)3-5-11)16(24-15)10-6-12-13(7-10)18(12,20)21/h2-5,10,12-13,23H,6-7H2,1H3. The average Bonchev–Trinajstić information content (AvgIpc) is 3.00. The number of aromatic nitrogens is 2. The van der Waals surface area contributed by atoms with E-state index in [2.05, 4.69) is 10.3 Å². The van der Waals surface area contributed by atoms with E-state index >= 15 is 0 Å². The lowest BCUT2D eigenvalue weighted by molar-refractivity contribution is 0.0689. The van der Waals surface area contributed by atoms with E-state index in [9.17, 15) is 13.6 Å². The minimum absolute atomic E-state index is 0.0610. The van der Waals surface area contributed by atoms with Crippen LogP contribution in [0.25, 0.3) is 5.69 Å². The number of benzene rings is 1. The topological polar surface area (TPSA) is 70.7 Å². The van der Waals surface area contributed by atoms with E-state index in [0.29, 0.717) is 29.9 Å². The average molecular weight is 377 g/mol. The van der Waals surface area contributed by atoms with Crippen LogP contribution in [-0.2, 0) is 0 Å². The zero-order chi connectivity index (χ0) is 18.6. The van der Waals surface area contributed by atoms with E-state index in [1.54, 1.807) is 31.3 Å². The minimum atomic E-state index is -2.59. The molecule has 1 aromatic heterocycles. The predicted octanol–water partition coefficient (Wildman–Crippen LogP) is 3.56. The molecule has 134 valence electrons. The summed E-state index contributed by atoms with van der Waals surface area (Å²) in [5.74, 6) is -3.42. The summed E-state index contributed by atoms with van der Waals surface area (Å²) in [4.78, 5) is 17.3. The number of halogens is 3. The molecule has 2 aromatic rings. The molecule has 0 saturated heterocycles. The van der Waals surface area contributed by atoms with Crippen molar-refractivity contribution in [3.8, 4) is 11.8 Å². The molecule has 2 aliphatic rings. The molecule has 2 unspecified atom stereocenters. The first-order valence-corrected chi connectivity index (χ1v) is 8.64. The largest absolute Gasteiger partial charge is 0.372 e. The number of rotatable bonds is 3. The van der Waals surface area contributed by atoms with E-state index in [0.717, 1.165) is 0 Å². The van der Waals surface area contributed by atoms with Crippen LogP contribution in [0.4, 0.5) is 14.6 Å². The van der Waals surface area contributed by atoms with Crippen molar-refractivity contribution < 1.29 is 8.78 Å². The fourth-order valence-corrected chi connectivity index (χ4v) is 4.14. The van der Waals surface area contributed by atoms with Gasteiger partial charge in [0.15, 0.2) is 5.82 Å². The van der Waals surface area contributed by atoms with Crippen LogP contribution in [0.2, 0.25) is 5.02 Å². The Labute approximate surface area is 153 Å². The fraction of sp³-hybridized carbons (Fsp3) is 0.389. The number of fused-ring (bicyclic) bond motifs is 1. The van der Waals surface area contributed by atoms with Crippen molar-refractivity contribution in [2.45, 2.75) is 24.7 Å². The van der Waals surface area contributed by atoms with Crippen molar-refractivity contribution >= 4 is 17.4 Å². The van der Waals surface area contributed by atoms with Gasteiger partial charge in [-0.3, -0.25) is 9.36 Å². The Morgan fingerprint density at radius 1 is 1.31 bits per heavy atom. The third kappa shape index (κ3) is 2.40. The van der Waals surface area contributed by atoms with Crippen molar-refractivity contribution in [2.24, 2.45) is 11.8 Å². The maximum Gasteiger partial charge on any atom is 0.279 e. The summed E-state index contributed by atoms with van der Waals surface area (Å²) in [7, 11) is 1.60. The Balaban J connectivity index is 1.83. The minimum Gasteiger partial charge on any atom is -0.372 e. The number of nitrogens with one attached hydrogen (secondary N) is 1. The maximum atomic E-state index is 13.6. The van der Waals surface area contributed by atoms with Crippen LogP contribution in [0.1, 0.15) is 30.1 Å². The summed E-state index contributed by atoms with van der Waals surface area (Å²) in [5.41, 5.74) is 0.502. The quantitative estimate of drug-likeness (QED) is 0.889. The molecule has 26 heavy (non-hydrogen) atoms. The van der Waals surface area contributed by atoms with Crippen molar-refractivity contribution in [1.82, 2.24) is 9.55 Å². The number of anilines is 1. The molecule has 0 amide bonds. The van der Waals surface area contributed by atoms with Crippen LogP contribution in [-0.4, -0.2) is 22.5 Å². The zero-order valence-electron chi connectivity index (χ0n) is 13.8.